The second-order valence-corrected chi connectivity index (χ2v) is 8.25. The van der Waals surface area contributed by atoms with E-state index >= 15 is 0 Å². The lowest BCUT2D eigenvalue weighted by atomic mass is 10.2. The number of rotatable bonds is 9. The highest BCUT2D eigenvalue weighted by Crippen LogP contribution is 2.28. The number of aliphatic hydroxyl groups excluding tert-OH is 2. The second kappa shape index (κ2) is 9.62. The maximum atomic E-state index is 12.9. The monoisotopic (exact) mass is 493 g/mol. The van der Waals surface area contributed by atoms with Crippen LogP contribution in [0.25, 0.3) is 10.2 Å². The van der Waals surface area contributed by atoms with Crippen molar-refractivity contribution in [3.8, 4) is 0 Å². The Labute approximate surface area is 187 Å². The van der Waals surface area contributed by atoms with E-state index in [0.29, 0.717) is 10.4 Å². The molecule has 0 bridgehead atoms. The van der Waals surface area contributed by atoms with Crippen LogP contribution in [0.3, 0.4) is 0 Å². The SMILES string of the molecule is CCn1c(=O)c2c(C)c(Cn3ncn(CC(O)CO)c3=O)sc2n(CCOC(F)(F)F)c1=O. The molecule has 1 unspecified atom stereocenters. The van der Waals surface area contributed by atoms with Crippen LogP contribution in [-0.4, -0.2) is 59.4 Å². The fraction of sp³-hybridized carbons (Fsp3) is 0.556. The molecule has 0 aliphatic carbocycles. The van der Waals surface area contributed by atoms with Gasteiger partial charge in [-0.05, 0) is 19.4 Å². The molecule has 182 valence electrons. The Bertz CT molecular complexity index is 1320. The molecule has 0 fully saturated rings. The van der Waals surface area contributed by atoms with Gasteiger partial charge in [0.25, 0.3) is 5.56 Å². The largest absolute Gasteiger partial charge is 0.522 e. The Balaban J connectivity index is 2.05. The molecule has 0 saturated carbocycles. The van der Waals surface area contributed by atoms with Crippen LogP contribution in [0.2, 0.25) is 0 Å². The first kappa shape index (κ1) is 24.9. The van der Waals surface area contributed by atoms with Crippen molar-refractivity contribution in [2.75, 3.05) is 13.2 Å². The number of thiophene rings is 1. The summed E-state index contributed by atoms with van der Waals surface area (Å²) in [4.78, 5) is 38.8. The van der Waals surface area contributed by atoms with E-state index in [9.17, 15) is 32.7 Å². The van der Waals surface area contributed by atoms with Gasteiger partial charge in [0.15, 0.2) is 0 Å². The first-order valence-corrected chi connectivity index (χ1v) is 10.7. The average Bonchev–Trinajstić information content (AvgIpc) is 3.24. The molecule has 0 amide bonds. The summed E-state index contributed by atoms with van der Waals surface area (Å²) in [5.41, 5.74) is -1.42. The molecule has 0 aromatic carbocycles. The molecule has 2 N–H and O–H groups in total. The van der Waals surface area contributed by atoms with Gasteiger partial charge in [0.05, 0.1) is 44.3 Å². The number of fused-ring (bicyclic) bond motifs is 1. The lowest BCUT2D eigenvalue weighted by Crippen LogP contribution is -2.40. The highest BCUT2D eigenvalue weighted by molar-refractivity contribution is 7.18. The molecule has 33 heavy (non-hydrogen) atoms. The maximum Gasteiger partial charge on any atom is 0.522 e. The number of nitrogens with zero attached hydrogens (tertiary/aromatic N) is 5. The minimum atomic E-state index is -4.86. The normalized spacial score (nSPS) is 13.2. The van der Waals surface area contributed by atoms with Crippen molar-refractivity contribution in [1.29, 1.82) is 0 Å². The van der Waals surface area contributed by atoms with E-state index in [0.717, 1.165) is 29.7 Å². The molecule has 0 aliphatic heterocycles. The maximum absolute atomic E-state index is 12.9. The second-order valence-electron chi connectivity index (χ2n) is 7.17. The molecule has 3 rings (SSSR count). The van der Waals surface area contributed by atoms with Crippen LogP contribution >= 0.6 is 11.3 Å². The topological polar surface area (TPSA) is 134 Å². The standard InChI is InChI=1S/C18H22F3N5O6S/c1-3-24-14(29)13-10(2)12(7-26-16(30)23(9-22-26)6-11(28)8-27)33-15(13)25(17(24)31)4-5-32-18(19,20)21/h9,11,27-28H,3-8H2,1-2H3. The fourth-order valence-electron chi connectivity index (χ4n) is 3.35. The molecule has 3 aromatic rings. The molecule has 0 spiro atoms. The van der Waals surface area contributed by atoms with Gasteiger partial charge in [0.1, 0.15) is 11.2 Å². The molecular weight excluding hydrogens is 471 g/mol. The van der Waals surface area contributed by atoms with Crippen LogP contribution in [-0.2, 0) is 30.9 Å². The zero-order valence-electron chi connectivity index (χ0n) is 17.7. The number of hydrogen-bond acceptors (Lipinski definition) is 8. The Morgan fingerprint density at radius 3 is 2.52 bits per heavy atom. The van der Waals surface area contributed by atoms with Gasteiger partial charge >= 0.3 is 17.7 Å². The van der Waals surface area contributed by atoms with Gasteiger partial charge in [-0.2, -0.15) is 5.10 Å². The lowest BCUT2D eigenvalue weighted by Gasteiger charge is -2.12. The van der Waals surface area contributed by atoms with Gasteiger partial charge in [0.2, 0.25) is 0 Å². The van der Waals surface area contributed by atoms with Crippen molar-refractivity contribution in [3.05, 3.63) is 48.1 Å². The molecule has 11 nitrogen and oxygen atoms in total. The molecule has 0 saturated heterocycles. The van der Waals surface area contributed by atoms with Gasteiger partial charge in [0, 0.05) is 11.4 Å². The predicted octanol–water partition coefficient (Wildman–Crippen LogP) is -0.151. The van der Waals surface area contributed by atoms with Gasteiger partial charge < -0.3 is 10.2 Å². The Hall–Kier alpha value is -2.75. The summed E-state index contributed by atoms with van der Waals surface area (Å²) in [6, 6.07) is 0. The van der Waals surface area contributed by atoms with E-state index in [1.165, 1.54) is 6.33 Å². The first-order chi connectivity index (χ1) is 15.5. The summed E-state index contributed by atoms with van der Waals surface area (Å²) < 4.78 is 45.2. The third-order valence-corrected chi connectivity index (χ3v) is 6.30. The highest BCUT2D eigenvalue weighted by Gasteiger charge is 2.29. The summed E-state index contributed by atoms with van der Waals surface area (Å²) >= 11 is 1.00. The van der Waals surface area contributed by atoms with E-state index < -0.39 is 49.2 Å². The van der Waals surface area contributed by atoms with Crippen LogP contribution in [0.15, 0.2) is 20.7 Å². The Morgan fingerprint density at radius 1 is 1.21 bits per heavy atom. The number of alkyl halides is 3. The third-order valence-electron chi connectivity index (χ3n) is 5.00. The Kier molecular flexibility index (Phi) is 7.26. The quantitative estimate of drug-likeness (QED) is 0.424. The molecule has 3 heterocycles. The van der Waals surface area contributed by atoms with Crippen molar-refractivity contribution in [1.82, 2.24) is 23.5 Å². The minimum absolute atomic E-state index is 0.0232. The number of aryl methyl sites for hydroxylation is 1. The molecule has 0 aliphatic rings. The van der Waals surface area contributed by atoms with Gasteiger partial charge in [-0.1, -0.05) is 0 Å². The van der Waals surface area contributed by atoms with Crippen molar-refractivity contribution < 1.29 is 28.1 Å². The minimum Gasteiger partial charge on any atom is -0.394 e. The summed E-state index contributed by atoms with van der Waals surface area (Å²) in [5, 5.41) is 22.6. The van der Waals surface area contributed by atoms with E-state index in [4.69, 9.17) is 5.11 Å². The number of ether oxygens (including phenoxy) is 1. The fourth-order valence-corrected chi connectivity index (χ4v) is 4.64. The van der Waals surface area contributed by atoms with E-state index in [1.54, 1.807) is 13.8 Å². The van der Waals surface area contributed by atoms with Gasteiger partial charge in [-0.3, -0.25) is 23.2 Å². The van der Waals surface area contributed by atoms with E-state index in [-0.39, 0.29) is 29.9 Å². The van der Waals surface area contributed by atoms with Crippen LogP contribution < -0.4 is 16.9 Å². The van der Waals surface area contributed by atoms with Gasteiger partial charge in [-0.25, -0.2) is 14.3 Å². The van der Waals surface area contributed by atoms with Crippen molar-refractivity contribution in [2.45, 2.75) is 52.5 Å². The number of halogens is 3. The Morgan fingerprint density at radius 2 is 1.91 bits per heavy atom. The molecular formula is C18H22F3N5O6S. The molecule has 0 radical (unpaired) electrons. The zero-order chi connectivity index (χ0) is 24.5. The number of aromatic nitrogens is 5. The zero-order valence-corrected chi connectivity index (χ0v) is 18.5. The molecule has 15 heteroatoms. The summed E-state index contributed by atoms with van der Waals surface area (Å²) in [6.45, 7) is 1.20. The molecule has 1 atom stereocenters. The summed E-state index contributed by atoms with van der Waals surface area (Å²) in [6.07, 6.45) is -4.81. The van der Waals surface area contributed by atoms with Crippen LogP contribution in [0, 0.1) is 6.92 Å². The number of aliphatic hydroxyl groups is 2. The predicted molar refractivity (Wildman–Crippen MR) is 111 cm³/mol. The van der Waals surface area contributed by atoms with Crippen molar-refractivity contribution in [3.63, 3.8) is 0 Å². The summed E-state index contributed by atoms with van der Waals surface area (Å²) in [7, 11) is 0. The smallest absolute Gasteiger partial charge is 0.394 e. The van der Waals surface area contributed by atoms with Crippen LogP contribution in [0.5, 0.6) is 0 Å². The van der Waals surface area contributed by atoms with E-state index in [2.05, 4.69) is 9.84 Å². The molecule has 3 aromatic heterocycles. The van der Waals surface area contributed by atoms with Gasteiger partial charge in [-0.15, -0.1) is 24.5 Å². The van der Waals surface area contributed by atoms with E-state index in [1.807, 2.05) is 0 Å². The average molecular weight is 493 g/mol. The third kappa shape index (κ3) is 5.10. The summed E-state index contributed by atoms with van der Waals surface area (Å²) in [5.74, 6) is 0. The van der Waals surface area contributed by atoms with Crippen LogP contribution in [0.1, 0.15) is 17.4 Å². The first-order valence-electron chi connectivity index (χ1n) is 9.85. The lowest BCUT2D eigenvalue weighted by molar-refractivity contribution is -0.325. The van der Waals surface area contributed by atoms with Crippen LogP contribution in [0.4, 0.5) is 13.2 Å². The van der Waals surface area contributed by atoms with Crippen molar-refractivity contribution in [2.24, 2.45) is 0 Å². The highest BCUT2D eigenvalue weighted by atomic mass is 32.1. The van der Waals surface area contributed by atoms with Crippen molar-refractivity contribution >= 4 is 21.6 Å². The number of hydrogen-bond donors (Lipinski definition) is 2.